The van der Waals surface area contributed by atoms with Crippen molar-refractivity contribution in [3.05, 3.63) is 163 Å². The molecule has 286 valence electrons. The maximum absolute atomic E-state index is 6.62. The first-order valence-corrected chi connectivity index (χ1v) is 19.5. The Balaban J connectivity index is 0.00000436. The standard InChI is InChI=1S/C51H41N5O.Pt/c1-50(2,3)39-19-9-7-17-36(39)32-27-28-52-43(30-32)33-15-13-16-34(29-33)57-35-25-26-44-38(31-35)49-53-41-21-11-12-23-45(41)55(49)46-24-14-22-42-47(46)56(44)48(54-42)37-18-8-10-20-40(37)51(4,5)6;/h7-28,30H,1-6H3;/q-2;+2. The van der Waals surface area contributed by atoms with E-state index in [1.165, 1.54) is 16.7 Å². The predicted molar refractivity (Wildman–Crippen MR) is 232 cm³/mol. The average molecular weight is 935 g/mol. The van der Waals surface area contributed by atoms with Crippen molar-refractivity contribution < 1.29 is 25.8 Å². The maximum Gasteiger partial charge on any atom is 2.00 e. The van der Waals surface area contributed by atoms with Gasteiger partial charge in [0.15, 0.2) is 0 Å². The Bertz CT molecular complexity index is 3200. The fraction of sp³-hybridized carbons (Fsp3) is 0.157. The molecule has 4 aromatic heterocycles. The quantitative estimate of drug-likeness (QED) is 0.161. The average Bonchev–Trinajstić information content (AvgIpc) is 3.77. The molecule has 0 atom stereocenters. The monoisotopic (exact) mass is 934 g/mol. The zero-order chi connectivity index (χ0) is 39.1. The van der Waals surface area contributed by atoms with Crippen LogP contribution in [-0.2, 0) is 31.9 Å². The second-order valence-corrected chi connectivity index (χ2v) is 16.8. The topological polar surface area (TPSA) is 56.7 Å². The molecule has 0 fully saturated rings. The first-order valence-electron chi connectivity index (χ1n) is 19.5. The minimum absolute atomic E-state index is 0. The first-order chi connectivity index (χ1) is 27.5. The summed E-state index contributed by atoms with van der Waals surface area (Å²) in [7, 11) is 0. The number of fused-ring (bicyclic) bond motifs is 7. The van der Waals surface area contributed by atoms with Gasteiger partial charge >= 0.3 is 21.1 Å². The Hall–Kier alpha value is -6.10. The molecule has 4 heterocycles. The van der Waals surface area contributed by atoms with Crippen LogP contribution in [0.2, 0.25) is 0 Å². The maximum atomic E-state index is 6.62. The summed E-state index contributed by atoms with van der Waals surface area (Å²) in [5.74, 6) is 2.00. The number of ether oxygens (including phenoxy) is 1. The van der Waals surface area contributed by atoms with Gasteiger partial charge in [0, 0.05) is 23.3 Å². The molecule has 0 bridgehead atoms. The molecule has 6 nitrogen and oxygen atoms in total. The predicted octanol–water partition coefficient (Wildman–Crippen LogP) is 12.8. The van der Waals surface area contributed by atoms with Crippen LogP contribution in [-0.4, -0.2) is 23.8 Å². The number of imidazole rings is 2. The Labute approximate surface area is 352 Å². The largest absolute Gasteiger partial charge is 2.00 e. The zero-order valence-electron chi connectivity index (χ0n) is 33.2. The Morgan fingerprint density at radius 2 is 1.21 bits per heavy atom. The third-order valence-corrected chi connectivity index (χ3v) is 10.9. The van der Waals surface area contributed by atoms with Gasteiger partial charge in [-0.05, 0) is 74.6 Å². The van der Waals surface area contributed by atoms with Crippen molar-refractivity contribution in [3.8, 4) is 45.3 Å². The third kappa shape index (κ3) is 6.27. The molecule has 7 heteroatoms. The molecule has 10 aromatic rings. The Kier molecular flexibility index (Phi) is 9.09. The molecule has 6 aromatic carbocycles. The zero-order valence-corrected chi connectivity index (χ0v) is 35.5. The van der Waals surface area contributed by atoms with Gasteiger partial charge in [0.1, 0.15) is 5.82 Å². The summed E-state index contributed by atoms with van der Waals surface area (Å²) in [6.07, 6.45) is 1.87. The molecule has 0 unspecified atom stereocenters. The van der Waals surface area contributed by atoms with E-state index in [1.807, 2.05) is 36.5 Å². The van der Waals surface area contributed by atoms with Gasteiger partial charge in [0.25, 0.3) is 0 Å². The molecule has 0 saturated carbocycles. The van der Waals surface area contributed by atoms with Crippen LogP contribution in [0.3, 0.4) is 0 Å². The second kappa shape index (κ2) is 14.1. The van der Waals surface area contributed by atoms with Crippen molar-refractivity contribution >= 4 is 44.1 Å². The van der Waals surface area contributed by atoms with Crippen molar-refractivity contribution in [1.29, 1.82) is 0 Å². The normalized spacial score (nSPS) is 12.2. The Morgan fingerprint density at radius 1 is 0.552 bits per heavy atom. The van der Waals surface area contributed by atoms with Gasteiger partial charge in [-0.25, -0.2) is 4.98 Å². The van der Waals surface area contributed by atoms with E-state index in [4.69, 9.17) is 19.7 Å². The molecular weight excluding hydrogens is 894 g/mol. The molecular formula is C51H41N5OPt. The number of para-hydroxylation sites is 3. The number of hydrogen-bond donors (Lipinski definition) is 0. The molecule has 0 N–H and O–H groups in total. The van der Waals surface area contributed by atoms with E-state index in [2.05, 4.69) is 166 Å². The van der Waals surface area contributed by atoms with Crippen molar-refractivity contribution in [2.75, 3.05) is 0 Å². The molecule has 0 spiro atoms. The summed E-state index contributed by atoms with van der Waals surface area (Å²) in [6, 6.07) is 53.2. The van der Waals surface area contributed by atoms with Crippen LogP contribution in [0.4, 0.5) is 0 Å². The van der Waals surface area contributed by atoms with Gasteiger partial charge < -0.3 is 18.5 Å². The van der Waals surface area contributed by atoms with Crippen molar-refractivity contribution in [2.24, 2.45) is 0 Å². The summed E-state index contributed by atoms with van der Waals surface area (Å²) in [6.45, 7) is 13.5. The van der Waals surface area contributed by atoms with E-state index in [9.17, 15) is 0 Å². The summed E-state index contributed by atoms with van der Waals surface area (Å²) in [4.78, 5) is 15.4. The first kappa shape index (κ1) is 37.5. The van der Waals surface area contributed by atoms with Crippen LogP contribution in [0, 0.1) is 12.1 Å². The van der Waals surface area contributed by atoms with Crippen molar-refractivity contribution in [3.63, 3.8) is 0 Å². The number of aromatic nitrogens is 5. The minimum atomic E-state index is -0.100. The van der Waals surface area contributed by atoms with Gasteiger partial charge in [-0.2, -0.15) is 0 Å². The summed E-state index contributed by atoms with van der Waals surface area (Å²) >= 11 is 0. The van der Waals surface area contributed by atoms with Gasteiger partial charge in [-0.1, -0.05) is 138 Å². The third-order valence-electron chi connectivity index (χ3n) is 10.9. The summed E-state index contributed by atoms with van der Waals surface area (Å²) in [5.41, 5.74) is 14.1. The van der Waals surface area contributed by atoms with Crippen LogP contribution < -0.4 is 4.74 Å². The molecule has 0 aliphatic rings. The van der Waals surface area contributed by atoms with Gasteiger partial charge in [0.2, 0.25) is 0 Å². The molecule has 0 amide bonds. The fourth-order valence-electron chi connectivity index (χ4n) is 8.27. The van der Waals surface area contributed by atoms with Crippen LogP contribution in [0.15, 0.2) is 140 Å². The van der Waals surface area contributed by atoms with E-state index >= 15 is 0 Å². The van der Waals surface area contributed by atoms with Gasteiger partial charge in [-0.3, -0.25) is 4.98 Å². The fourth-order valence-corrected chi connectivity index (χ4v) is 8.27. The second-order valence-electron chi connectivity index (χ2n) is 16.8. The van der Waals surface area contributed by atoms with E-state index < -0.39 is 0 Å². The van der Waals surface area contributed by atoms with Gasteiger partial charge in [-0.15, -0.1) is 29.8 Å². The van der Waals surface area contributed by atoms with E-state index in [0.29, 0.717) is 11.5 Å². The van der Waals surface area contributed by atoms with Crippen LogP contribution in [0.1, 0.15) is 52.7 Å². The molecule has 10 rings (SSSR count). The smallest absolute Gasteiger partial charge is 0.497 e. The number of nitrogens with zero attached hydrogens (tertiary/aromatic N) is 5. The van der Waals surface area contributed by atoms with Crippen LogP contribution >= 0.6 is 0 Å². The Morgan fingerprint density at radius 3 is 2.00 bits per heavy atom. The minimum Gasteiger partial charge on any atom is -0.497 e. The van der Waals surface area contributed by atoms with Crippen LogP contribution in [0.25, 0.3) is 77.9 Å². The van der Waals surface area contributed by atoms with Crippen molar-refractivity contribution in [1.82, 2.24) is 23.8 Å². The van der Waals surface area contributed by atoms with Gasteiger partial charge in [0.05, 0.1) is 33.2 Å². The van der Waals surface area contributed by atoms with E-state index in [1.54, 1.807) is 0 Å². The molecule has 0 saturated heterocycles. The SMILES string of the molecule is CC(C)(C)c1ccccc1-c1ccnc(-c2[c-]c(Oc3[c-]c4c(cc3)n3c(-c5ccccc5C(C)(C)C)nc5cccc(c53)n3c5ccccc5nc43)ccc2)c1.[Pt+2]. The number of hydrogen-bond acceptors (Lipinski definition) is 4. The van der Waals surface area contributed by atoms with E-state index in [-0.39, 0.29) is 31.9 Å². The molecule has 58 heavy (non-hydrogen) atoms. The van der Waals surface area contributed by atoms with Crippen LogP contribution in [0.5, 0.6) is 11.5 Å². The molecule has 0 aliphatic heterocycles. The summed E-state index contributed by atoms with van der Waals surface area (Å²) < 4.78 is 11.2. The summed E-state index contributed by atoms with van der Waals surface area (Å²) in [5, 5.41) is 0.816. The van der Waals surface area contributed by atoms with E-state index in [0.717, 1.165) is 72.3 Å². The molecule has 0 radical (unpaired) electrons. The van der Waals surface area contributed by atoms with Crippen molar-refractivity contribution in [2.45, 2.75) is 52.4 Å². The number of benzene rings is 6. The molecule has 0 aliphatic carbocycles. The number of rotatable bonds is 5. The number of pyridine rings is 1.